The van der Waals surface area contributed by atoms with Gasteiger partial charge in [-0.2, -0.15) is 0 Å². The molecule has 2 rings (SSSR count). The molecule has 0 saturated heterocycles. The Morgan fingerprint density at radius 2 is 1.77 bits per heavy atom. The smallest absolute Gasteiger partial charge is 0.261 e. The van der Waals surface area contributed by atoms with Crippen molar-refractivity contribution in [3.05, 3.63) is 58.1 Å². The van der Waals surface area contributed by atoms with E-state index in [1.165, 1.54) is 0 Å². The standard InChI is InChI=1S/C17H20BrNO2S/c1-3-4-5-14-7-9-15(10-8-14)22(20,21)19-17-11-6-13(2)12-16(17)18/h6-12,19H,3-5H2,1-2H3. The molecule has 0 aliphatic carbocycles. The fourth-order valence-corrected chi connectivity index (χ4v) is 3.93. The lowest BCUT2D eigenvalue weighted by atomic mass is 10.1. The van der Waals surface area contributed by atoms with Crippen molar-refractivity contribution in [1.29, 1.82) is 0 Å². The summed E-state index contributed by atoms with van der Waals surface area (Å²) >= 11 is 3.39. The number of rotatable bonds is 6. The van der Waals surface area contributed by atoms with Crippen LogP contribution in [0.4, 0.5) is 5.69 Å². The van der Waals surface area contributed by atoms with Gasteiger partial charge in [-0.25, -0.2) is 8.42 Å². The van der Waals surface area contributed by atoms with Gasteiger partial charge in [0, 0.05) is 4.47 Å². The zero-order valence-electron chi connectivity index (χ0n) is 12.8. The normalized spacial score (nSPS) is 11.4. The van der Waals surface area contributed by atoms with Crippen LogP contribution < -0.4 is 4.72 Å². The first kappa shape index (κ1) is 17.0. The monoisotopic (exact) mass is 381 g/mol. The lowest BCUT2D eigenvalue weighted by molar-refractivity contribution is 0.601. The van der Waals surface area contributed by atoms with E-state index in [-0.39, 0.29) is 4.90 Å². The molecule has 118 valence electrons. The molecule has 0 aliphatic rings. The Kier molecular flexibility index (Phi) is 5.64. The number of aryl methyl sites for hydroxylation is 2. The predicted octanol–water partition coefficient (Wildman–Crippen LogP) is 4.90. The summed E-state index contributed by atoms with van der Waals surface area (Å²) in [5.74, 6) is 0. The fourth-order valence-electron chi connectivity index (χ4n) is 2.12. The van der Waals surface area contributed by atoms with Crippen LogP contribution in [0.2, 0.25) is 0 Å². The van der Waals surface area contributed by atoms with Gasteiger partial charge in [0.15, 0.2) is 0 Å². The number of unbranched alkanes of at least 4 members (excludes halogenated alkanes) is 1. The molecule has 2 aromatic rings. The fraction of sp³-hybridized carbons (Fsp3) is 0.294. The molecule has 0 radical (unpaired) electrons. The van der Waals surface area contributed by atoms with Crippen molar-refractivity contribution in [2.45, 2.75) is 38.0 Å². The molecular formula is C17H20BrNO2S. The second-order valence-electron chi connectivity index (χ2n) is 5.34. The van der Waals surface area contributed by atoms with Crippen molar-refractivity contribution in [1.82, 2.24) is 0 Å². The quantitative estimate of drug-likeness (QED) is 0.772. The third-order valence-electron chi connectivity index (χ3n) is 3.42. The Morgan fingerprint density at radius 3 is 2.36 bits per heavy atom. The molecule has 0 heterocycles. The van der Waals surface area contributed by atoms with E-state index in [0.29, 0.717) is 5.69 Å². The average Bonchev–Trinajstić information content (AvgIpc) is 2.48. The maximum absolute atomic E-state index is 12.4. The summed E-state index contributed by atoms with van der Waals surface area (Å²) in [6.07, 6.45) is 3.22. The van der Waals surface area contributed by atoms with Crippen LogP contribution in [0.15, 0.2) is 51.8 Å². The molecular weight excluding hydrogens is 362 g/mol. The first-order chi connectivity index (χ1) is 10.4. The summed E-state index contributed by atoms with van der Waals surface area (Å²) in [5, 5.41) is 0. The third kappa shape index (κ3) is 4.34. The molecule has 0 spiro atoms. The molecule has 2 aromatic carbocycles. The highest BCUT2D eigenvalue weighted by molar-refractivity contribution is 9.10. The third-order valence-corrected chi connectivity index (χ3v) is 5.46. The predicted molar refractivity (Wildman–Crippen MR) is 94.7 cm³/mol. The summed E-state index contributed by atoms with van der Waals surface area (Å²) in [5.41, 5.74) is 2.77. The Labute approximate surface area is 140 Å². The van der Waals surface area contributed by atoms with Gasteiger partial charge in [0.05, 0.1) is 10.6 Å². The molecule has 0 saturated carbocycles. The molecule has 0 unspecified atom stereocenters. The number of halogens is 1. The first-order valence-electron chi connectivity index (χ1n) is 7.30. The van der Waals surface area contributed by atoms with E-state index >= 15 is 0 Å². The van der Waals surface area contributed by atoms with Crippen LogP contribution in [0, 0.1) is 6.92 Å². The molecule has 0 aliphatic heterocycles. The van der Waals surface area contributed by atoms with Gasteiger partial charge in [-0.1, -0.05) is 31.5 Å². The minimum atomic E-state index is -3.57. The van der Waals surface area contributed by atoms with Crippen molar-refractivity contribution in [2.75, 3.05) is 4.72 Å². The Balaban J connectivity index is 2.19. The van der Waals surface area contributed by atoms with Crippen LogP contribution in [0.5, 0.6) is 0 Å². The molecule has 22 heavy (non-hydrogen) atoms. The van der Waals surface area contributed by atoms with Crippen molar-refractivity contribution >= 4 is 31.6 Å². The second kappa shape index (κ2) is 7.29. The van der Waals surface area contributed by atoms with Gasteiger partial charge in [0.25, 0.3) is 10.0 Å². The van der Waals surface area contributed by atoms with Crippen LogP contribution >= 0.6 is 15.9 Å². The second-order valence-corrected chi connectivity index (χ2v) is 7.87. The van der Waals surface area contributed by atoms with Crippen LogP contribution in [-0.2, 0) is 16.4 Å². The van der Waals surface area contributed by atoms with Crippen molar-refractivity contribution in [3.8, 4) is 0 Å². The lowest BCUT2D eigenvalue weighted by Gasteiger charge is -2.11. The average molecular weight is 382 g/mol. The van der Waals surface area contributed by atoms with Crippen LogP contribution in [-0.4, -0.2) is 8.42 Å². The summed E-state index contributed by atoms with van der Waals surface area (Å²) in [6.45, 7) is 4.10. The Morgan fingerprint density at radius 1 is 1.09 bits per heavy atom. The number of sulfonamides is 1. The molecule has 0 bridgehead atoms. The van der Waals surface area contributed by atoms with Crippen LogP contribution in [0.1, 0.15) is 30.9 Å². The Hall–Kier alpha value is -1.33. The number of benzene rings is 2. The van der Waals surface area contributed by atoms with Gasteiger partial charge in [-0.3, -0.25) is 4.72 Å². The maximum Gasteiger partial charge on any atom is 0.261 e. The minimum absolute atomic E-state index is 0.278. The van der Waals surface area contributed by atoms with E-state index in [1.54, 1.807) is 18.2 Å². The molecule has 0 atom stereocenters. The number of hydrogen-bond donors (Lipinski definition) is 1. The van der Waals surface area contributed by atoms with Crippen molar-refractivity contribution < 1.29 is 8.42 Å². The zero-order valence-corrected chi connectivity index (χ0v) is 15.2. The molecule has 5 heteroatoms. The summed E-state index contributed by atoms with van der Waals surface area (Å²) in [7, 11) is -3.57. The number of nitrogens with one attached hydrogen (secondary N) is 1. The van der Waals surface area contributed by atoms with Crippen molar-refractivity contribution in [2.24, 2.45) is 0 Å². The number of anilines is 1. The zero-order chi connectivity index (χ0) is 16.2. The van der Waals surface area contributed by atoms with Crippen LogP contribution in [0.3, 0.4) is 0 Å². The molecule has 1 N–H and O–H groups in total. The highest BCUT2D eigenvalue weighted by Crippen LogP contribution is 2.26. The topological polar surface area (TPSA) is 46.2 Å². The molecule has 3 nitrogen and oxygen atoms in total. The molecule has 0 amide bonds. The minimum Gasteiger partial charge on any atom is -0.278 e. The first-order valence-corrected chi connectivity index (χ1v) is 9.58. The van der Waals surface area contributed by atoms with Crippen LogP contribution in [0.25, 0.3) is 0 Å². The lowest BCUT2D eigenvalue weighted by Crippen LogP contribution is -2.13. The summed E-state index contributed by atoms with van der Waals surface area (Å²) in [6, 6.07) is 12.6. The van der Waals surface area contributed by atoms with Gasteiger partial charge < -0.3 is 0 Å². The van der Waals surface area contributed by atoms with Gasteiger partial charge in [-0.15, -0.1) is 0 Å². The van der Waals surface area contributed by atoms with Gasteiger partial charge in [0.2, 0.25) is 0 Å². The Bertz CT molecular complexity index is 740. The van der Waals surface area contributed by atoms with Gasteiger partial charge >= 0.3 is 0 Å². The number of hydrogen-bond acceptors (Lipinski definition) is 2. The van der Waals surface area contributed by atoms with E-state index in [2.05, 4.69) is 27.6 Å². The van der Waals surface area contributed by atoms with Gasteiger partial charge in [-0.05, 0) is 71.1 Å². The van der Waals surface area contributed by atoms with E-state index in [9.17, 15) is 8.42 Å². The maximum atomic E-state index is 12.4. The summed E-state index contributed by atoms with van der Waals surface area (Å²) < 4.78 is 28.2. The van der Waals surface area contributed by atoms with E-state index in [1.807, 2.05) is 31.2 Å². The van der Waals surface area contributed by atoms with Crippen molar-refractivity contribution in [3.63, 3.8) is 0 Å². The largest absolute Gasteiger partial charge is 0.278 e. The molecule has 0 aromatic heterocycles. The summed E-state index contributed by atoms with van der Waals surface area (Å²) in [4.78, 5) is 0.278. The van der Waals surface area contributed by atoms with E-state index < -0.39 is 10.0 Å². The van der Waals surface area contributed by atoms with E-state index in [4.69, 9.17) is 0 Å². The van der Waals surface area contributed by atoms with E-state index in [0.717, 1.165) is 34.9 Å². The highest BCUT2D eigenvalue weighted by Gasteiger charge is 2.15. The SMILES string of the molecule is CCCCc1ccc(S(=O)(=O)Nc2ccc(C)cc2Br)cc1. The highest BCUT2D eigenvalue weighted by atomic mass is 79.9. The molecule has 0 fully saturated rings. The van der Waals surface area contributed by atoms with Gasteiger partial charge in [0.1, 0.15) is 0 Å².